The van der Waals surface area contributed by atoms with E-state index in [0.717, 1.165) is 23.2 Å². The number of rotatable bonds is 2. The zero-order valence-corrected chi connectivity index (χ0v) is 9.32. The van der Waals surface area contributed by atoms with Crippen molar-refractivity contribution in [2.45, 2.75) is 20.3 Å². The summed E-state index contributed by atoms with van der Waals surface area (Å²) < 4.78 is 0. The summed E-state index contributed by atoms with van der Waals surface area (Å²) in [6.45, 7) is 3.91. The molecule has 1 aromatic heterocycles. The normalized spacial score (nSPS) is 10.6. The Kier molecular flexibility index (Phi) is 2.60. The Balaban J connectivity index is 2.82. The van der Waals surface area contributed by atoms with Gasteiger partial charge in [0.05, 0.1) is 11.1 Å². The summed E-state index contributed by atoms with van der Waals surface area (Å²) >= 11 is 0. The summed E-state index contributed by atoms with van der Waals surface area (Å²) in [5.41, 5.74) is 2.95. The van der Waals surface area contributed by atoms with Gasteiger partial charge < -0.3 is 5.11 Å². The lowest BCUT2D eigenvalue weighted by Crippen LogP contribution is -2.01. The van der Waals surface area contributed by atoms with Gasteiger partial charge in [0.2, 0.25) is 0 Å². The number of carboxylic acids is 1. The van der Waals surface area contributed by atoms with Gasteiger partial charge in [0.15, 0.2) is 0 Å². The maximum absolute atomic E-state index is 11.2. The van der Waals surface area contributed by atoms with Gasteiger partial charge >= 0.3 is 5.97 Å². The third-order valence-electron chi connectivity index (χ3n) is 2.61. The number of benzene rings is 1. The molecule has 1 aromatic carbocycles. The first-order valence-corrected chi connectivity index (χ1v) is 5.25. The molecule has 0 fully saturated rings. The van der Waals surface area contributed by atoms with Gasteiger partial charge in [-0.05, 0) is 31.5 Å². The minimum Gasteiger partial charge on any atom is -0.478 e. The first-order chi connectivity index (χ1) is 7.61. The van der Waals surface area contributed by atoms with Crippen LogP contribution in [0.3, 0.4) is 0 Å². The van der Waals surface area contributed by atoms with Gasteiger partial charge in [0.1, 0.15) is 0 Å². The average molecular weight is 215 g/mol. The van der Waals surface area contributed by atoms with Crippen molar-refractivity contribution in [1.29, 1.82) is 0 Å². The van der Waals surface area contributed by atoms with Gasteiger partial charge in [-0.2, -0.15) is 0 Å². The summed E-state index contributed by atoms with van der Waals surface area (Å²) in [5, 5.41) is 9.88. The van der Waals surface area contributed by atoms with Crippen LogP contribution in [0.4, 0.5) is 0 Å². The van der Waals surface area contributed by atoms with Gasteiger partial charge in [-0.1, -0.05) is 18.6 Å². The van der Waals surface area contributed by atoms with Crippen molar-refractivity contribution >= 4 is 16.9 Å². The molecule has 0 aliphatic rings. The Labute approximate surface area is 93.7 Å². The molecule has 3 nitrogen and oxygen atoms in total. The van der Waals surface area contributed by atoms with Crippen LogP contribution in [0, 0.1) is 6.92 Å². The molecule has 0 spiro atoms. The lowest BCUT2D eigenvalue weighted by molar-refractivity contribution is 0.0699. The van der Waals surface area contributed by atoms with Crippen LogP contribution in [0.2, 0.25) is 0 Å². The van der Waals surface area contributed by atoms with Crippen molar-refractivity contribution in [3.05, 3.63) is 41.1 Å². The Bertz CT molecular complexity index is 561. The quantitative estimate of drug-likeness (QED) is 0.838. The molecule has 0 amide bonds. The van der Waals surface area contributed by atoms with Crippen molar-refractivity contribution in [2.75, 3.05) is 0 Å². The van der Waals surface area contributed by atoms with E-state index in [-0.39, 0.29) is 0 Å². The van der Waals surface area contributed by atoms with E-state index in [1.54, 1.807) is 6.07 Å². The summed E-state index contributed by atoms with van der Waals surface area (Å²) in [6, 6.07) is 7.34. The summed E-state index contributed by atoms with van der Waals surface area (Å²) in [5.74, 6) is -0.896. The third-order valence-corrected chi connectivity index (χ3v) is 2.61. The number of aromatic nitrogens is 1. The molecular weight excluding hydrogens is 202 g/mol. The molecule has 16 heavy (non-hydrogen) atoms. The fraction of sp³-hybridized carbons (Fsp3) is 0.231. The number of nitrogens with zero attached hydrogens (tertiary/aromatic N) is 1. The molecular formula is C13H13NO2. The summed E-state index contributed by atoms with van der Waals surface area (Å²) in [4.78, 5) is 15.6. The van der Waals surface area contributed by atoms with Gasteiger partial charge in [-0.3, -0.25) is 4.98 Å². The highest BCUT2D eigenvalue weighted by Crippen LogP contribution is 2.20. The van der Waals surface area contributed by atoms with Crippen molar-refractivity contribution in [1.82, 2.24) is 4.98 Å². The summed E-state index contributed by atoms with van der Waals surface area (Å²) in [6.07, 6.45) is 0.740. The maximum atomic E-state index is 11.2. The van der Waals surface area contributed by atoms with Crippen LogP contribution >= 0.6 is 0 Å². The highest BCUT2D eigenvalue weighted by Gasteiger charge is 2.11. The van der Waals surface area contributed by atoms with Crippen molar-refractivity contribution < 1.29 is 9.90 Å². The van der Waals surface area contributed by atoms with Crippen LogP contribution in [0.1, 0.15) is 28.5 Å². The predicted octanol–water partition coefficient (Wildman–Crippen LogP) is 2.80. The number of aromatic carboxylic acids is 1. The van der Waals surface area contributed by atoms with E-state index in [2.05, 4.69) is 4.98 Å². The first kappa shape index (κ1) is 10.6. The van der Waals surface area contributed by atoms with Crippen molar-refractivity contribution in [3.8, 4) is 0 Å². The van der Waals surface area contributed by atoms with Gasteiger partial charge in [0.25, 0.3) is 0 Å². The molecule has 0 aliphatic heterocycles. The molecule has 0 bridgehead atoms. The van der Waals surface area contributed by atoms with Crippen molar-refractivity contribution in [2.24, 2.45) is 0 Å². The summed E-state index contributed by atoms with van der Waals surface area (Å²) in [7, 11) is 0. The van der Waals surface area contributed by atoms with Crippen LogP contribution in [0.25, 0.3) is 10.9 Å². The lowest BCUT2D eigenvalue weighted by Gasteiger charge is -2.06. The number of aryl methyl sites for hydroxylation is 2. The number of carboxylic acid groups (broad SMARTS) is 1. The largest absolute Gasteiger partial charge is 0.478 e. The molecule has 0 radical (unpaired) electrons. The van der Waals surface area contributed by atoms with E-state index >= 15 is 0 Å². The Morgan fingerprint density at radius 1 is 1.38 bits per heavy atom. The van der Waals surface area contributed by atoms with E-state index in [0.29, 0.717) is 10.9 Å². The number of hydrogen-bond donors (Lipinski definition) is 1. The van der Waals surface area contributed by atoms with Crippen LogP contribution in [0.15, 0.2) is 24.3 Å². The maximum Gasteiger partial charge on any atom is 0.336 e. The molecule has 0 aliphatic carbocycles. The SMILES string of the molecule is CCc1cc(C(=O)O)c2cc(C)ccc2n1. The molecule has 2 aromatic rings. The Morgan fingerprint density at radius 3 is 2.75 bits per heavy atom. The molecule has 3 heteroatoms. The smallest absolute Gasteiger partial charge is 0.336 e. The molecule has 0 atom stereocenters. The second-order valence-corrected chi connectivity index (χ2v) is 3.84. The average Bonchev–Trinajstić information content (AvgIpc) is 2.27. The topological polar surface area (TPSA) is 50.2 Å². The second-order valence-electron chi connectivity index (χ2n) is 3.84. The molecule has 1 heterocycles. The van der Waals surface area contributed by atoms with Crippen LogP contribution in [-0.4, -0.2) is 16.1 Å². The second kappa shape index (κ2) is 3.93. The number of pyridine rings is 1. The monoisotopic (exact) mass is 215 g/mol. The fourth-order valence-electron chi connectivity index (χ4n) is 1.75. The van der Waals surface area contributed by atoms with Gasteiger partial charge in [-0.25, -0.2) is 4.79 Å². The first-order valence-electron chi connectivity index (χ1n) is 5.25. The number of carbonyl (C=O) groups is 1. The minimum atomic E-state index is -0.896. The third kappa shape index (κ3) is 1.76. The number of fused-ring (bicyclic) bond motifs is 1. The van der Waals surface area contributed by atoms with Gasteiger partial charge in [-0.15, -0.1) is 0 Å². The van der Waals surface area contributed by atoms with Crippen molar-refractivity contribution in [3.63, 3.8) is 0 Å². The van der Waals surface area contributed by atoms with Crippen LogP contribution < -0.4 is 0 Å². The highest BCUT2D eigenvalue weighted by atomic mass is 16.4. The molecule has 0 saturated heterocycles. The van der Waals surface area contributed by atoms with Crippen LogP contribution in [0.5, 0.6) is 0 Å². The van der Waals surface area contributed by atoms with E-state index in [1.165, 1.54) is 0 Å². The molecule has 1 N–H and O–H groups in total. The molecule has 0 unspecified atom stereocenters. The van der Waals surface area contributed by atoms with Crippen LogP contribution in [-0.2, 0) is 6.42 Å². The lowest BCUT2D eigenvalue weighted by atomic mass is 10.0. The zero-order valence-electron chi connectivity index (χ0n) is 9.32. The fourth-order valence-corrected chi connectivity index (χ4v) is 1.75. The van der Waals surface area contributed by atoms with E-state index in [1.807, 2.05) is 32.0 Å². The van der Waals surface area contributed by atoms with Gasteiger partial charge in [0, 0.05) is 11.1 Å². The predicted molar refractivity (Wildman–Crippen MR) is 62.8 cm³/mol. The molecule has 2 rings (SSSR count). The van der Waals surface area contributed by atoms with E-state index < -0.39 is 5.97 Å². The van der Waals surface area contributed by atoms with E-state index in [4.69, 9.17) is 5.11 Å². The zero-order chi connectivity index (χ0) is 11.7. The standard InChI is InChI=1S/C13H13NO2/c1-3-9-7-11(13(15)16)10-6-8(2)4-5-12(10)14-9/h4-7H,3H2,1-2H3,(H,15,16). The molecule has 0 saturated carbocycles. The number of hydrogen-bond acceptors (Lipinski definition) is 2. The van der Waals surface area contributed by atoms with E-state index in [9.17, 15) is 4.79 Å². The molecule has 82 valence electrons. The highest BCUT2D eigenvalue weighted by molar-refractivity contribution is 6.02. The minimum absolute atomic E-state index is 0.338. The Morgan fingerprint density at radius 2 is 2.12 bits per heavy atom. The Hall–Kier alpha value is -1.90.